The van der Waals surface area contributed by atoms with Crippen molar-refractivity contribution >= 4 is 33.6 Å². The fourth-order valence-electron chi connectivity index (χ4n) is 1.48. The lowest BCUT2D eigenvalue weighted by molar-refractivity contribution is 0.0690. The Balaban J connectivity index is 2.25. The number of carbonyl (C=O) groups is 2. The van der Waals surface area contributed by atoms with E-state index < -0.39 is 17.7 Å². The number of rotatable bonds is 3. The van der Waals surface area contributed by atoms with E-state index in [0.717, 1.165) is 6.07 Å². The van der Waals surface area contributed by atoms with Crippen LogP contribution in [0.2, 0.25) is 0 Å². The first-order valence-corrected chi connectivity index (χ1v) is 6.23. The second kappa shape index (κ2) is 5.79. The first kappa shape index (κ1) is 14.1. The van der Waals surface area contributed by atoms with Crippen molar-refractivity contribution in [1.82, 2.24) is 4.98 Å². The van der Waals surface area contributed by atoms with Gasteiger partial charge in [-0.25, -0.2) is 14.2 Å². The lowest BCUT2D eigenvalue weighted by atomic mass is 10.2. The molecule has 0 saturated carbocycles. The highest BCUT2D eigenvalue weighted by Crippen LogP contribution is 2.19. The molecule has 2 N–H and O–H groups in total. The summed E-state index contributed by atoms with van der Waals surface area (Å²) in [4.78, 5) is 26.5. The van der Waals surface area contributed by atoms with Crippen molar-refractivity contribution < 1.29 is 19.1 Å². The van der Waals surface area contributed by atoms with Crippen molar-refractivity contribution in [3.63, 3.8) is 0 Å². The number of carbonyl (C=O) groups excluding carboxylic acids is 1. The molecule has 0 aliphatic heterocycles. The number of aromatic nitrogens is 1. The maximum atomic E-state index is 13.1. The molecule has 5 nitrogen and oxygen atoms in total. The van der Waals surface area contributed by atoms with Crippen molar-refractivity contribution in [3.05, 3.63) is 57.9 Å². The Hall–Kier alpha value is -2.28. The van der Waals surface area contributed by atoms with Crippen LogP contribution in [0.3, 0.4) is 0 Å². The minimum absolute atomic E-state index is 0.0751. The number of benzene rings is 1. The predicted octanol–water partition coefficient (Wildman–Crippen LogP) is 2.93. The summed E-state index contributed by atoms with van der Waals surface area (Å²) >= 11 is 3.14. The zero-order chi connectivity index (χ0) is 14.7. The zero-order valence-electron chi connectivity index (χ0n) is 9.93. The van der Waals surface area contributed by atoms with E-state index in [1.165, 1.54) is 30.3 Å². The number of carboxylic acids is 1. The largest absolute Gasteiger partial charge is 0.477 e. The molecule has 102 valence electrons. The number of amides is 1. The average Bonchev–Trinajstić information content (AvgIpc) is 2.41. The standard InChI is InChI=1S/C13H8BrFN2O3/c14-9-5-4-7(15)6-8(9)12(18)17-11-3-1-2-10(16-11)13(19)20/h1-6H,(H,19,20)(H,16,17,18). The molecule has 2 rings (SSSR count). The van der Waals surface area contributed by atoms with Gasteiger partial charge in [-0.05, 0) is 46.3 Å². The van der Waals surface area contributed by atoms with Gasteiger partial charge in [-0.2, -0.15) is 0 Å². The Morgan fingerprint density at radius 1 is 1.25 bits per heavy atom. The highest BCUT2D eigenvalue weighted by molar-refractivity contribution is 9.10. The van der Waals surface area contributed by atoms with Gasteiger partial charge in [0.15, 0.2) is 5.69 Å². The van der Waals surface area contributed by atoms with Crippen LogP contribution in [0.1, 0.15) is 20.8 Å². The van der Waals surface area contributed by atoms with E-state index in [4.69, 9.17) is 5.11 Å². The Bertz CT molecular complexity index is 691. The topological polar surface area (TPSA) is 79.3 Å². The number of halogens is 2. The van der Waals surface area contributed by atoms with Gasteiger partial charge in [-0.3, -0.25) is 4.79 Å². The second-order valence-electron chi connectivity index (χ2n) is 3.79. The van der Waals surface area contributed by atoms with Crippen molar-refractivity contribution in [1.29, 1.82) is 0 Å². The fraction of sp³-hybridized carbons (Fsp3) is 0. The smallest absolute Gasteiger partial charge is 0.354 e. The minimum Gasteiger partial charge on any atom is -0.477 e. The second-order valence-corrected chi connectivity index (χ2v) is 4.65. The van der Waals surface area contributed by atoms with Crippen LogP contribution in [0.25, 0.3) is 0 Å². The zero-order valence-corrected chi connectivity index (χ0v) is 11.5. The van der Waals surface area contributed by atoms with Gasteiger partial charge in [0, 0.05) is 4.47 Å². The normalized spacial score (nSPS) is 10.1. The van der Waals surface area contributed by atoms with Gasteiger partial charge in [-0.1, -0.05) is 6.07 Å². The molecule has 0 bridgehead atoms. The number of hydrogen-bond acceptors (Lipinski definition) is 3. The molecule has 0 spiro atoms. The van der Waals surface area contributed by atoms with Gasteiger partial charge in [0.2, 0.25) is 0 Å². The third-order valence-electron chi connectivity index (χ3n) is 2.38. The molecule has 0 unspecified atom stereocenters. The minimum atomic E-state index is -1.20. The Kier molecular flexibility index (Phi) is 4.09. The first-order chi connectivity index (χ1) is 9.47. The van der Waals surface area contributed by atoms with Crippen LogP contribution in [0.4, 0.5) is 10.2 Å². The van der Waals surface area contributed by atoms with Crippen LogP contribution in [-0.2, 0) is 0 Å². The number of anilines is 1. The van der Waals surface area contributed by atoms with Crippen molar-refractivity contribution in [2.24, 2.45) is 0 Å². The number of hydrogen-bond donors (Lipinski definition) is 2. The lowest BCUT2D eigenvalue weighted by Gasteiger charge is -2.07. The van der Waals surface area contributed by atoms with Crippen LogP contribution >= 0.6 is 15.9 Å². The Labute approximate surface area is 121 Å². The van der Waals surface area contributed by atoms with Crippen molar-refractivity contribution in [3.8, 4) is 0 Å². The molecular weight excluding hydrogens is 331 g/mol. The first-order valence-electron chi connectivity index (χ1n) is 5.44. The highest BCUT2D eigenvalue weighted by atomic mass is 79.9. The molecule has 20 heavy (non-hydrogen) atoms. The summed E-state index contributed by atoms with van der Waals surface area (Å²) in [5.41, 5.74) is -0.103. The van der Waals surface area contributed by atoms with E-state index in [0.29, 0.717) is 4.47 Å². The SMILES string of the molecule is O=C(O)c1cccc(NC(=O)c2cc(F)ccc2Br)n1. The van der Waals surface area contributed by atoms with Gasteiger partial charge in [0.05, 0.1) is 5.56 Å². The molecule has 0 aliphatic rings. The molecular formula is C13H8BrFN2O3. The van der Waals surface area contributed by atoms with Crippen LogP contribution in [0, 0.1) is 5.82 Å². The molecule has 1 amide bonds. The Morgan fingerprint density at radius 3 is 2.70 bits per heavy atom. The number of nitrogens with zero attached hydrogens (tertiary/aromatic N) is 1. The molecule has 0 atom stereocenters. The molecule has 0 aliphatic carbocycles. The maximum Gasteiger partial charge on any atom is 0.354 e. The molecule has 0 radical (unpaired) electrons. The summed E-state index contributed by atoms with van der Waals surface area (Å²) in [5.74, 6) is -2.27. The van der Waals surface area contributed by atoms with Gasteiger partial charge in [-0.15, -0.1) is 0 Å². The van der Waals surface area contributed by atoms with Gasteiger partial charge in [0.1, 0.15) is 11.6 Å². The summed E-state index contributed by atoms with van der Waals surface area (Å²) in [5, 5.41) is 11.2. The van der Waals surface area contributed by atoms with Gasteiger partial charge < -0.3 is 10.4 Å². The van der Waals surface area contributed by atoms with Gasteiger partial charge in [0.25, 0.3) is 5.91 Å². The summed E-state index contributed by atoms with van der Waals surface area (Å²) < 4.78 is 13.5. The summed E-state index contributed by atoms with van der Waals surface area (Å²) in [6, 6.07) is 7.89. The number of carboxylic acid groups (broad SMARTS) is 1. The lowest BCUT2D eigenvalue weighted by Crippen LogP contribution is -2.15. The molecule has 1 aromatic heterocycles. The average molecular weight is 339 g/mol. The van der Waals surface area contributed by atoms with Crippen LogP contribution in [-0.4, -0.2) is 22.0 Å². The van der Waals surface area contributed by atoms with E-state index in [1.807, 2.05) is 0 Å². The predicted molar refractivity (Wildman–Crippen MR) is 73.2 cm³/mol. The maximum absolute atomic E-state index is 13.1. The van der Waals surface area contributed by atoms with Crippen molar-refractivity contribution in [2.45, 2.75) is 0 Å². The molecule has 0 fully saturated rings. The molecule has 1 aromatic carbocycles. The molecule has 0 saturated heterocycles. The number of pyridine rings is 1. The third-order valence-corrected chi connectivity index (χ3v) is 3.07. The highest BCUT2D eigenvalue weighted by Gasteiger charge is 2.13. The summed E-state index contributed by atoms with van der Waals surface area (Å²) in [6.07, 6.45) is 0. The van der Waals surface area contributed by atoms with Crippen LogP contribution in [0.5, 0.6) is 0 Å². The quantitative estimate of drug-likeness (QED) is 0.901. The van der Waals surface area contributed by atoms with Crippen LogP contribution in [0.15, 0.2) is 40.9 Å². The van der Waals surface area contributed by atoms with Crippen LogP contribution < -0.4 is 5.32 Å². The monoisotopic (exact) mass is 338 g/mol. The molecule has 2 aromatic rings. The van der Waals surface area contributed by atoms with E-state index in [1.54, 1.807) is 0 Å². The van der Waals surface area contributed by atoms with Gasteiger partial charge >= 0.3 is 5.97 Å². The summed E-state index contributed by atoms with van der Waals surface area (Å²) in [7, 11) is 0. The van der Waals surface area contributed by atoms with E-state index >= 15 is 0 Å². The Morgan fingerprint density at radius 2 is 2.00 bits per heavy atom. The van der Waals surface area contributed by atoms with E-state index in [9.17, 15) is 14.0 Å². The summed E-state index contributed by atoms with van der Waals surface area (Å²) in [6.45, 7) is 0. The molecule has 7 heteroatoms. The van der Waals surface area contributed by atoms with Crippen molar-refractivity contribution in [2.75, 3.05) is 5.32 Å². The molecule has 1 heterocycles. The number of aromatic carboxylic acids is 1. The van der Waals surface area contributed by atoms with E-state index in [2.05, 4.69) is 26.2 Å². The number of nitrogens with one attached hydrogen (secondary N) is 1. The van der Waals surface area contributed by atoms with E-state index in [-0.39, 0.29) is 17.1 Å². The fourth-order valence-corrected chi connectivity index (χ4v) is 1.91. The third kappa shape index (κ3) is 3.18.